The number of nitrogens with one attached hydrogen (secondary N) is 1. The minimum atomic E-state index is -0.830. The van der Waals surface area contributed by atoms with E-state index in [0.29, 0.717) is 24.0 Å². The van der Waals surface area contributed by atoms with Gasteiger partial charge in [0.15, 0.2) is 6.20 Å². The van der Waals surface area contributed by atoms with E-state index in [9.17, 15) is 19.6 Å². The van der Waals surface area contributed by atoms with Crippen molar-refractivity contribution in [2.45, 2.75) is 44.7 Å². The minimum Gasteiger partial charge on any atom is -0.618 e. The molecule has 3 atom stereocenters. The van der Waals surface area contributed by atoms with E-state index in [1.54, 1.807) is 32.9 Å². The van der Waals surface area contributed by atoms with Gasteiger partial charge >= 0.3 is 6.03 Å². The van der Waals surface area contributed by atoms with Crippen LogP contribution in [0, 0.1) is 5.21 Å². The van der Waals surface area contributed by atoms with Gasteiger partial charge in [0, 0.05) is 37.0 Å². The van der Waals surface area contributed by atoms with Crippen molar-refractivity contribution >= 4 is 28.7 Å². The van der Waals surface area contributed by atoms with Crippen LogP contribution in [-0.2, 0) is 29.1 Å². The number of aromatic nitrogens is 1. The van der Waals surface area contributed by atoms with Crippen molar-refractivity contribution in [1.82, 2.24) is 25.1 Å². The summed E-state index contributed by atoms with van der Waals surface area (Å²) in [6, 6.07) is 26.5. The number of piperazine rings is 1. The van der Waals surface area contributed by atoms with Crippen LogP contribution in [0.25, 0.3) is 10.9 Å². The van der Waals surface area contributed by atoms with Gasteiger partial charge in [0.2, 0.25) is 17.3 Å². The Labute approximate surface area is 250 Å². The van der Waals surface area contributed by atoms with Crippen molar-refractivity contribution in [3.05, 3.63) is 119 Å². The molecule has 0 radical (unpaired) electrons. The SMILES string of the molecule is C[C@H]1C2N(C(=O)CN(C)N2C(=O)NCc2ccccc2)[C@@H](Cc2ccccc2)C(=O)N1Cc1cccc2ccc[n+]([O-])c12. The second-order valence-corrected chi connectivity index (χ2v) is 11.1. The third-order valence-electron chi connectivity index (χ3n) is 8.36. The Morgan fingerprint density at radius 2 is 1.60 bits per heavy atom. The van der Waals surface area contributed by atoms with Crippen LogP contribution in [0.2, 0.25) is 0 Å². The number of para-hydroxylation sites is 1. The smallest absolute Gasteiger partial charge is 0.334 e. The lowest BCUT2D eigenvalue weighted by Gasteiger charge is -2.57. The molecule has 0 aliphatic carbocycles. The van der Waals surface area contributed by atoms with Gasteiger partial charge in [0.1, 0.15) is 12.2 Å². The van der Waals surface area contributed by atoms with Crippen LogP contribution < -0.4 is 10.0 Å². The van der Waals surface area contributed by atoms with E-state index >= 15 is 0 Å². The first kappa shape index (κ1) is 28.2. The molecule has 2 aliphatic rings. The zero-order valence-electron chi connectivity index (χ0n) is 24.2. The third kappa shape index (κ3) is 5.37. The highest BCUT2D eigenvalue weighted by atomic mass is 16.5. The molecule has 2 aliphatic heterocycles. The minimum absolute atomic E-state index is 0.0416. The largest absolute Gasteiger partial charge is 0.618 e. The van der Waals surface area contributed by atoms with E-state index in [2.05, 4.69) is 5.32 Å². The van der Waals surface area contributed by atoms with Gasteiger partial charge in [-0.3, -0.25) is 9.59 Å². The maximum absolute atomic E-state index is 14.3. The first-order valence-electron chi connectivity index (χ1n) is 14.4. The molecule has 6 rings (SSSR count). The van der Waals surface area contributed by atoms with E-state index < -0.39 is 18.2 Å². The summed E-state index contributed by atoms with van der Waals surface area (Å²) in [5.74, 6) is -0.441. The zero-order chi connectivity index (χ0) is 30.1. The number of fused-ring (bicyclic) bond motifs is 2. The molecule has 0 saturated carbocycles. The number of nitrogens with zero attached hydrogens (tertiary/aromatic N) is 5. The van der Waals surface area contributed by atoms with Crippen molar-refractivity contribution in [1.29, 1.82) is 0 Å². The average molecular weight is 579 g/mol. The van der Waals surface area contributed by atoms with Gasteiger partial charge in [-0.25, -0.2) is 14.8 Å². The maximum Gasteiger partial charge on any atom is 0.334 e. The fraction of sp³-hybridized carbons (Fsp3) is 0.273. The quantitative estimate of drug-likeness (QED) is 0.280. The van der Waals surface area contributed by atoms with Crippen LogP contribution in [0.1, 0.15) is 23.6 Å². The summed E-state index contributed by atoms with van der Waals surface area (Å²) >= 11 is 0. The third-order valence-corrected chi connectivity index (χ3v) is 8.36. The highest BCUT2D eigenvalue weighted by molar-refractivity contribution is 5.92. The lowest BCUT2D eigenvalue weighted by Crippen LogP contribution is -2.78. The van der Waals surface area contributed by atoms with Gasteiger partial charge in [-0.15, -0.1) is 0 Å². The molecule has 2 saturated heterocycles. The van der Waals surface area contributed by atoms with E-state index in [0.717, 1.165) is 21.2 Å². The van der Waals surface area contributed by atoms with Crippen LogP contribution in [0.5, 0.6) is 0 Å². The Morgan fingerprint density at radius 1 is 0.930 bits per heavy atom. The van der Waals surface area contributed by atoms with Crippen molar-refractivity contribution in [2.24, 2.45) is 0 Å². The molecule has 4 aromatic rings. The fourth-order valence-corrected chi connectivity index (χ4v) is 6.29. The summed E-state index contributed by atoms with van der Waals surface area (Å²) in [6.45, 7) is 2.28. The predicted molar refractivity (Wildman–Crippen MR) is 161 cm³/mol. The second kappa shape index (κ2) is 11.7. The number of likely N-dealkylation sites (N-methyl/N-ethyl adjacent to an activating group) is 1. The van der Waals surface area contributed by atoms with E-state index in [4.69, 9.17) is 0 Å². The first-order valence-corrected chi connectivity index (χ1v) is 14.4. The molecule has 1 aromatic heterocycles. The molecule has 2 fully saturated rings. The molecular weight excluding hydrogens is 544 g/mol. The van der Waals surface area contributed by atoms with E-state index in [1.807, 2.05) is 91.9 Å². The zero-order valence-corrected chi connectivity index (χ0v) is 24.2. The number of hydrogen-bond donors (Lipinski definition) is 1. The van der Waals surface area contributed by atoms with Gasteiger partial charge in [0.05, 0.1) is 19.1 Å². The number of pyridine rings is 1. The highest BCUT2D eigenvalue weighted by Gasteiger charge is 2.54. The lowest BCUT2D eigenvalue weighted by molar-refractivity contribution is -0.577. The molecule has 10 heteroatoms. The summed E-state index contributed by atoms with van der Waals surface area (Å²) in [5.41, 5.74) is 3.03. The van der Waals surface area contributed by atoms with Crippen molar-refractivity contribution in [3.8, 4) is 0 Å². The molecule has 0 spiro atoms. The standard InChI is InChI=1S/C33H34N6O4/c1-23-31-38(29(40)22-35(2)39(31)33(42)34-20-25-13-7-4-8-14-25)28(19-24-11-5-3-6-12-24)32(41)36(23)21-27-16-9-15-26-17-10-18-37(43)30(26)27/h3-18,23,28,31H,19-22H2,1-2H3,(H,34,42)/t23-,28-,31?/m0/s1. The fourth-order valence-electron chi connectivity index (χ4n) is 6.29. The van der Waals surface area contributed by atoms with Crippen molar-refractivity contribution in [3.63, 3.8) is 0 Å². The number of carbonyl (C=O) groups is 3. The molecule has 1 unspecified atom stereocenters. The number of rotatable bonds is 6. The molecule has 3 aromatic carbocycles. The first-order chi connectivity index (χ1) is 20.8. The molecule has 1 N–H and O–H groups in total. The number of hydrazine groups is 1. The number of amides is 4. The van der Waals surface area contributed by atoms with Crippen LogP contribution in [0.3, 0.4) is 0 Å². The molecule has 4 amide bonds. The maximum atomic E-state index is 14.3. The normalized spacial score (nSPS) is 20.8. The van der Waals surface area contributed by atoms with Gasteiger partial charge in [-0.05, 0) is 30.2 Å². The number of benzene rings is 3. The molecule has 10 nitrogen and oxygen atoms in total. The van der Waals surface area contributed by atoms with Crippen LogP contribution in [0.15, 0.2) is 97.2 Å². The Hall–Kier alpha value is -4.96. The summed E-state index contributed by atoms with van der Waals surface area (Å²) in [5, 5.41) is 19.8. The Morgan fingerprint density at radius 3 is 2.33 bits per heavy atom. The van der Waals surface area contributed by atoms with Gasteiger partial charge in [-0.2, -0.15) is 4.73 Å². The Balaban J connectivity index is 1.39. The average Bonchev–Trinajstić information content (AvgIpc) is 3.01. The molecule has 0 bridgehead atoms. The number of carbonyl (C=O) groups excluding carboxylic acids is 3. The molecule has 3 heterocycles. The highest BCUT2D eigenvalue weighted by Crippen LogP contribution is 2.33. The summed E-state index contributed by atoms with van der Waals surface area (Å²) < 4.78 is 0.818. The van der Waals surface area contributed by atoms with Gasteiger partial charge < -0.3 is 20.3 Å². The Kier molecular flexibility index (Phi) is 7.69. The topological polar surface area (TPSA) is 103 Å². The monoisotopic (exact) mass is 578 g/mol. The number of hydrogen-bond acceptors (Lipinski definition) is 5. The van der Waals surface area contributed by atoms with E-state index in [1.165, 1.54) is 6.20 Å². The predicted octanol–water partition coefficient (Wildman–Crippen LogP) is 3.04. The van der Waals surface area contributed by atoms with Gasteiger partial charge in [-0.1, -0.05) is 72.8 Å². The van der Waals surface area contributed by atoms with Crippen LogP contribution >= 0.6 is 0 Å². The van der Waals surface area contributed by atoms with Gasteiger partial charge in [0.25, 0.3) is 0 Å². The molecule has 220 valence electrons. The summed E-state index contributed by atoms with van der Waals surface area (Å²) in [6.07, 6.45) is 0.981. The summed E-state index contributed by atoms with van der Waals surface area (Å²) in [4.78, 5) is 45.1. The molecular formula is C33H34N6O4. The lowest BCUT2D eigenvalue weighted by atomic mass is 9.94. The van der Waals surface area contributed by atoms with E-state index in [-0.39, 0.29) is 30.9 Å². The van der Waals surface area contributed by atoms with Crippen molar-refractivity contribution in [2.75, 3.05) is 13.6 Å². The second-order valence-electron chi connectivity index (χ2n) is 11.1. The van der Waals surface area contributed by atoms with Crippen molar-refractivity contribution < 1.29 is 19.1 Å². The Bertz CT molecular complexity index is 1640. The number of urea groups is 1. The molecule has 43 heavy (non-hydrogen) atoms. The van der Waals surface area contributed by atoms with Crippen LogP contribution in [0.4, 0.5) is 4.79 Å². The summed E-state index contributed by atoms with van der Waals surface area (Å²) in [7, 11) is 1.71. The van der Waals surface area contributed by atoms with Crippen LogP contribution in [-0.4, -0.2) is 69.5 Å².